The molecule has 2 rings (SSSR count). The zero-order chi connectivity index (χ0) is 19.0. The maximum atomic E-state index is 5.97. The van der Waals surface area contributed by atoms with Gasteiger partial charge in [-0.1, -0.05) is 45.0 Å². The van der Waals surface area contributed by atoms with Crippen molar-refractivity contribution in [2.75, 3.05) is 26.4 Å². The van der Waals surface area contributed by atoms with Crippen LogP contribution in [-0.4, -0.2) is 26.4 Å². The Balaban J connectivity index is 1.96. The second kappa shape index (κ2) is 9.48. The van der Waals surface area contributed by atoms with Gasteiger partial charge in [-0.25, -0.2) is 0 Å². The van der Waals surface area contributed by atoms with Crippen molar-refractivity contribution in [1.29, 1.82) is 0 Å². The highest BCUT2D eigenvalue weighted by atomic mass is 16.5. The van der Waals surface area contributed by atoms with Crippen LogP contribution in [0.1, 0.15) is 38.8 Å². The van der Waals surface area contributed by atoms with Gasteiger partial charge in [-0.2, -0.15) is 0 Å². The van der Waals surface area contributed by atoms with Crippen LogP contribution in [0.2, 0.25) is 0 Å². The summed E-state index contributed by atoms with van der Waals surface area (Å²) in [5.41, 5.74) is 8.02. The molecular formula is C22H31NO3. The fourth-order valence-corrected chi connectivity index (χ4v) is 2.78. The lowest BCUT2D eigenvalue weighted by Crippen LogP contribution is -2.16. The van der Waals surface area contributed by atoms with E-state index in [1.165, 1.54) is 5.56 Å². The van der Waals surface area contributed by atoms with Crippen LogP contribution in [-0.2, 0) is 11.8 Å². The molecule has 142 valence electrons. The number of benzene rings is 2. The number of hydrogen-bond donors (Lipinski definition) is 1. The Morgan fingerprint density at radius 2 is 1.54 bits per heavy atom. The van der Waals surface area contributed by atoms with E-state index >= 15 is 0 Å². The minimum atomic E-state index is 0.0401. The van der Waals surface area contributed by atoms with Crippen molar-refractivity contribution in [3.63, 3.8) is 0 Å². The highest BCUT2D eigenvalue weighted by Gasteiger charge is 2.18. The Morgan fingerprint density at radius 3 is 2.19 bits per heavy atom. The van der Waals surface area contributed by atoms with E-state index in [0.29, 0.717) is 26.4 Å². The van der Waals surface area contributed by atoms with E-state index in [4.69, 9.17) is 19.9 Å². The Hall–Kier alpha value is -2.20. The van der Waals surface area contributed by atoms with Crippen LogP contribution in [0, 0.1) is 0 Å². The maximum Gasteiger partial charge on any atom is 0.161 e. The fourth-order valence-electron chi connectivity index (χ4n) is 2.78. The highest BCUT2D eigenvalue weighted by Crippen LogP contribution is 2.31. The molecular weight excluding hydrogens is 326 g/mol. The van der Waals surface area contributed by atoms with Crippen molar-refractivity contribution in [1.82, 2.24) is 0 Å². The van der Waals surface area contributed by atoms with Crippen LogP contribution in [0.25, 0.3) is 0 Å². The zero-order valence-electron chi connectivity index (χ0n) is 16.4. The lowest BCUT2D eigenvalue weighted by Gasteiger charge is -2.22. The quantitative estimate of drug-likeness (QED) is 0.678. The van der Waals surface area contributed by atoms with Gasteiger partial charge in [0.05, 0.1) is 6.61 Å². The molecule has 0 radical (unpaired) electrons. The predicted molar refractivity (Wildman–Crippen MR) is 107 cm³/mol. The summed E-state index contributed by atoms with van der Waals surface area (Å²) in [6.45, 7) is 10.7. The summed E-state index contributed by atoms with van der Waals surface area (Å²) in [6, 6.07) is 14.1. The van der Waals surface area contributed by atoms with Crippen molar-refractivity contribution in [3.05, 3.63) is 53.6 Å². The SMILES string of the molecule is CCOc1cc(CCN)ccc1OCCOc1ccccc1C(C)(C)C. The first-order chi connectivity index (χ1) is 12.5. The molecule has 0 amide bonds. The molecule has 2 aromatic carbocycles. The molecule has 2 aromatic rings. The molecule has 0 atom stereocenters. The van der Waals surface area contributed by atoms with Gasteiger partial charge in [-0.05, 0) is 54.6 Å². The largest absolute Gasteiger partial charge is 0.490 e. The Labute approximate surface area is 157 Å². The fraction of sp³-hybridized carbons (Fsp3) is 0.455. The lowest BCUT2D eigenvalue weighted by atomic mass is 9.86. The minimum Gasteiger partial charge on any atom is -0.490 e. The van der Waals surface area contributed by atoms with E-state index in [0.717, 1.165) is 29.2 Å². The molecule has 0 aliphatic carbocycles. The standard InChI is InChI=1S/C22H31NO3/c1-5-24-21-16-17(12-13-23)10-11-20(21)26-15-14-25-19-9-7-6-8-18(19)22(2,3)4/h6-11,16H,5,12-15,23H2,1-4H3. The lowest BCUT2D eigenvalue weighted by molar-refractivity contribution is 0.206. The van der Waals surface area contributed by atoms with Gasteiger partial charge in [0, 0.05) is 0 Å². The molecule has 0 fully saturated rings. The molecule has 0 unspecified atom stereocenters. The molecule has 0 bridgehead atoms. The molecule has 0 aromatic heterocycles. The second-order valence-corrected chi connectivity index (χ2v) is 7.20. The van der Waals surface area contributed by atoms with Crippen molar-refractivity contribution >= 4 is 0 Å². The van der Waals surface area contributed by atoms with E-state index in [1.54, 1.807) is 0 Å². The smallest absolute Gasteiger partial charge is 0.161 e. The number of hydrogen-bond acceptors (Lipinski definition) is 4. The van der Waals surface area contributed by atoms with Crippen LogP contribution in [0.3, 0.4) is 0 Å². The highest BCUT2D eigenvalue weighted by molar-refractivity contribution is 5.43. The van der Waals surface area contributed by atoms with Crippen LogP contribution in [0.15, 0.2) is 42.5 Å². The molecule has 0 heterocycles. The van der Waals surface area contributed by atoms with E-state index in [-0.39, 0.29) is 5.41 Å². The average molecular weight is 357 g/mol. The maximum absolute atomic E-state index is 5.97. The molecule has 0 aliphatic rings. The third kappa shape index (κ3) is 5.67. The van der Waals surface area contributed by atoms with Crippen molar-refractivity contribution in [2.45, 2.75) is 39.5 Å². The summed E-state index contributed by atoms with van der Waals surface area (Å²) in [7, 11) is 0. The monoisotopic (exact) mass is 357 g/mol. The average Bonchev–Trinajstić information content (AvgIpc) is 2.60. The topological polar surface area (TPSA) is 53.7 Å². The molecule has 0 aliphatic heterocycles. The summed E-state index contributed by atoms with van der Waals surface area (Å²) < 4.78 is 17.6. The number of para-hydroxylation sites is 1. The van der Waals surface area contributed by atoms with E-state index in [1.807, 2.05) is 43.3 Å². The summed E-state index contributed by atoms with van der Waals surface area (Å²) in [6.07, 6.45) is 0.826. The number of rotatable bonds is 9. The van der Waals surface area contributed by atoms with Gasteiger partial charge in [-0.3, -0.25) is 0 Å². The van der Waals surface area contributed by atoms with Gasteiger partial charge in [0.2, 0.25) is 0 Å². The molecule has 0 saturated carbocycles. The van der Waals surface area contributed by atoms with Crippen LogP contribution < -0.4 is 19.9 Å². The minimum absolute atomic E-state index is 0.0401. The number of nitrogens with two attached hydrogens (primary N) is 1. The normalized spacial score (nSPS) is 11.3. The first-order valence-electron chi connectivity index (χ1n) is 9.26. The first-order valence-corrected chi connectivity index (χ1v) is 9.26. The van der Waals surface area contributed by atoms with Gasteiger partial charge in [0.25, 0.3) is 0 Å². The first kappa shape index (κ1) is 20.1. The van der Waals surface area contributed by atoms with E-state index in [2.05, 4.69) is 26.8 Å². The second-order valence-electron chi connectivity index (χ2n) is 7.20. The van der Waals surface area contributed by atoms with E-state index < -0.39 is 0 Å². The third-order valence-electron chi connectivity index (χ3n) is 4.03. The summed E-state index contributed by atoms with van der Waals surface area (Å²) in [5.74, 6) is 2.40. The molecule has 0 saturated heterocycles. The van der Waals surface area contributed by atoms with Gasteiger partial charge in [0.15, 0.2) is 11.5 Å². The molecule has 4 heteroatoms. The van der Waals surface area contributed by atoms with Crippen molar-refractivity contribution < 1.29 is 14.2 Å². The van der Waals surface area contributed by atoms with Gasteiger partial charge in [-0.15, -0.1) is 0 Å². The van der Waals surface area contributed by atoms with Gasteiger partial charge in [0.1, 0.15) is 19.0 Å². The predicted octanol–water partition coefficient (Wildman–Crippen LogP) is 4.34. The molecule has 4 nitrogen and oxygen atoms in total. The zero-order valence-corrected chi connectivity index (χ0v) is 16.4. The third-order valence-corrected chi connectivity index (χ3v) is 4.03. The number of ether oxygens (including phenoxy) is 3. The molecule has 0 spiro atoms. The Morgan fingerprint density at radius 1 is 0.846 bits per heavy atom. The van der Waals surface area contributed by atoms with Crippen molar-refractivity contribution in [3.8, 4) is 17.2 Å². The Kier molecular flexibility index (Phi) is 7.34. The van der Waals surface area contributed by atoms with Crippen LogP contribution >= 0.6 is 0 Å². The molecule has 26 heavy (non-hydrogen) atoms. The summed E-state index contributed by atoms with van der Waals surface area (Å²) in [5, 5.41) is 0. The van der Waals surface area contributed by atoms with Crippen LogP contribution in [0.5, 0.6) is 17.2 Å². The van der Waals surface area contributed by atoms with Gasteiger partial charge < -0.3 is 19.9 Å². The summed E-state index contributed by atoms with van der Waals surface area (Å²) in [4.78, 5) is 0. The summed E-state index contributed by atoms with van der Waals surface area (Å²) >= 11 is 0. The van der Waals surface area contributed by atoms with Gasteiger partial charge >= 0.3 is 0 Å². The van der Waals surface area contributed by atoms with Crippen molar-refractivity contribution in [2.24, 2.45) is 5.73 Å². The Bertz CT molecular complexity index is 692. The van der Waals surface area contributed by atoms with Crippen LogP contribution in [0.4, 0.5) is 0 Å². The molecule has 2 N–H and O–H groups in total. The van der Waals surface area contributed by atoms with E-state index in [9.17, 15) is 0 Å².